The van der Waals surface area contributed by atoms with Gasteiger partial charge >= 0.3 is 0 Å². The lowest BCUT2D eigenvalue weighted by Gasteiger charge is -2.34. The fourth-order valence-corrected chi connectivity index (χ4v) is 5.36. The van der Waals surface area contributed by atoms with E-state index in [2.05, 4.69) is 54.9 Å². The summed E-state index contributed by atoms with van der Waals surface area (Å²) in [4.78, 5) is 9.33. The number of nitrogens with one attached hydrogen (secondary N) is 2. The molecule has 3 aromatic rings. The summed E-state index contributed by atoms with van der Waals surface area (Å²) in [5, 5.41) is 15.6. The van der Waals surface area contributed by atoms with Crippen LogP contribution < -0.4 is 0 Å². The van der Waals surface area contributed by atoms with Crippen LogP contribution in [0.1, 0.15) is 69.0 Å². The highest BCUT2D eigenvalue weighted by molar-refractivity contribution is 5.68. The fourth-order valence-electron chi connectivity index (χ4n) is 5.36. The van der Waals surface area contributed by atoms with Gasteiger partial charge in [0, 0.05) is 34.1 Å². The van der Waals surface area contributed by atoms with E-state index in [9.17, 15) is 0 Å². The fraction of sp³-hybridized carbons (Fsp3) is 0.524. The van der Waals surface area contributed by atoms with Crippen molar-refractivity contribution in [1.82, 2.24) is 30.4 Å². The Kier molecular flexibility index (Phi) is 3.25. The van der Waals surface area contributed by atoms with Crippen LogP contribution in [0.4, 0.5) is 0 Å². The topological polar surface area (TPSA) is 83.1 Å². The maximum absolute atomic E-state index is 4.85. The minimum absolute atomic E-state index is 0.170. The molecule has 2 N–H and O–H groups in total. The van der Waals surface area contributed by atoms with Gasteiger partial charge in [-0.3, -0.25) is 10.2 Å². The molecule has 1 fully saturated rings. The first-order valence-electron chi connectivity index (χ1n) is 9.85. The third-order valence-corrected chi connectivity index (χ3v) is 7.50. The molecule has 0 aromatic carbocycles. The van der Waals surface area contributed by atoms with Crippen molar-refractivity contribution in [3.63, 3.8) is 0 Å². The highest BCUT2D eigenvalue weighted by atomic mass is 15.2. The molecule has 27 heavy (non-hydrogen) atoms. The zero-order valence-corrected chi connectivity index (χ0v) is 16.6. The van der Waals surface area contributed by atoms with Gasteiger partial charge in [-0.05, 0) is 43.6 Å². The molecule has 0 amide bonds. The van der Waals surface area contributed by atoms with Crippen LogP contribution in [0.25, 0.3) is 22.9 Å². The summed E-state index contributed by atoms with van der Waals surface area (Å²) in [6.07, 6.45) is 5.18. The molecule has 0 saturated heterocycles. The van der Waals surface area contributed by atoms with E-state index in [0.717, 1.165) is 34.8 Å². The standard InChI is InChI=1S/C21H26N6/c1-6-13-11(2)16(25-24-13)19-22-10-8-14(23-19)17-15-12-7-9-21(5,20(12,3)4)18(15)27-26-17/h8,10,12H,6-7,9H2,1-5H3,(H,24,25)(H,26,27). The molecular formula is C21H26N6. The van der Waals surface area contributed by atoms with E-state index in [1.807, 2.05) is 12.3 Å². The smallest absolute Gasteiger partial charge is 0.180 e. The van der Waals surface area contributed by atoms with E-state index >= 15 is 0 Å². The molecule has 140 valence electrons. The summed E-state index contributed by atoms with van der Waals surface area (Å²) in [6.45, 7) is 11.4. The molecule has 3 aromatic heterocycles. The monoisotopic (exact) mass is 362 g/mol. The average Bonchev–Trinajstić information content (AvgIpc) is 3.34. The Hall–Kier alpha value is -2.50. The Bertz CT molecular complexity index is 1040. The Balaban J connectivity index is 1.62. The van der Waals surface area contributed by atoms with Crippen LogP contribution in [0.5, 0.6) is 0 Å². The average molecular weight is 362 g/mol. The van der Waals surface area contributed by atoms with Crippen LogP contribution >= 0.6 is 0 Å². The van der Waals surface area contributed by atoms with Crippen molar-refractivity contribution in [2.24, 2.45) is 5.41 Å². The van der Waals surface area contributed by atoms with Crippen LogP contribution in [0.15, 0.2) is 12.3 Å². The normalized spacial score (nSPS) is 25.1. The summed E-state index contributed by atoms with van der Waals surface area (Å²) >= 11 is 0. The van der Waals surface area contributed by atoms with Crippen molar-refractivity contribution < 1.29 is 0 Å². The molecule has 3 heterocycles. The lowest BCUT2D eigenvalue weighted by atomic mass is 9.70. The molecule has 2 atom stereocenters. The second-order valence-electron chi connectivity index (χ2n) is 8.80. The van der Waals surface area contributed by atoms with Gasteiger partial charge in [0.05, 0.1) is 5.69 Å². The zero-order chi connectivity index (χ0) is 19.0. The second-order valence-corrected chi connectivity index (χ2v) is 8.80. The van der Waals surface area contributed by atoms with Crippen molar-refractivity contribution in [1.29, 1.82) is 0 Å². The molecule has 0 spiro atoms. The number of aromatic nitrogens is 6. The minimum Gasteiger partial charge on any atom is -0.282 e. The van der Waals surface area contributed by atoms with Crippen LogP contribution in [0, 0.1) is 12.3 Å². The third-order valence-electron chi connectivity index (χ3n) is 7.50. The Labute approximate surface area is 159 Å². The molecule has 6 nitrogen and oxygen atoms in total. The number of aryl methyl sites for hydroxylation is 1. The molecule has 1 saturated carbocycles. The number of rotatable bonds is 3. The van der Waals surface area contributed by atoms with E-state index in [4.69, 9.17) is 10.1 Å². The van der Waals surface area contributed by atoms with E-state index in [1.165, 1.54) is 24.1 Å². The van der Waals surface area contributed by atoms with Crippen molar-refractivity contribution >= 4 is 0 Å². The lowest BCUT2D eigenvalue weighted by Crippen LogP contribution is -2.32. The van der Waals surface area contributed by atoms with Gasteiger partial charge in [-0.1, -0.05) is 27.7 Å². The third kappa shape index (κ3) is 1.96. The van der Waals surface area contributed by atoms with Crippen molar-refractivity contribution in [3.8, 4) is 22.9 Å². The lowest BCUT2D eigenvalue weighted by molar-refractivity contribution is 0.225. The Morgan fingerprint density at radius 2 is 1.93 bits per heavy atom. The number of hydrogen-bond acceptors (Lipinski definition) is 4. The molecule has 5 rings (SSSR count). The number of aromatic amines is 2. The maximum Gasteiger partial charge on any atom is 0.180 e. The first-order valence-corrected chi connectivity index (χ1v) is 9.85. The van der Waals surface area contributed by atoms with Crippen molar-refractivity contribution in [3.05, 3.63) is 34.8 Å². The zero-order valence-electron chi connectivity index (χ0n) is 16.6. The molecule has 0 radical (unpaired) electrons. The minimum atomic E-state index is 0.170. The van der Waals surface area contributed by atoms with Gasteiger partial charge in [-0.2, -0.15) is 10.2 Å². The van der Waals surface area contributed by atoms with Gasteiger partial charge in [0.1, 0.15) is 11.4 Å². The molecule has 2 bridgehead atoms. The molecule has 0 aliphatic heterocycles. The van der Waals surface area contributed by atoms with Gasteiger partial charge in [-0.15, -0.1) is 0 Å². The van der Waals surface area contributed by atoms with Crippen LogP contribution in [-0.4, -0.2) is 30.4 Å². The predicted molar refractivity (Wildman–Crippen MR) is 104 cm³/mol. The molecule has 6 heteroatoms. The van der Waals surface area contributed by atoms with Crippen LogP contribution in [0.3, 0.4) is 0 Å². The number of H-pyrrole nitrogens is 2. The summed E-state index contributed by atoms with van der Waals surface area (Å²) in [5.41, 5.74) is 8.04. The second kappa shape index (κ2) is 5.27. The van der Waals surface area contributed by atoms with E-state index in [-0.39, 0.29) is 10.8 Å². The van der Waals surface area contributed by atoms with Crippen LogP contribution in [-0.2, 0) is 11.8 Å². The Morgan fingerprint density at radius 3 is 2.67 bits per heavy atom. The highest BCUT2D eigenvalue weighted by Crippen LogP contribution is 2.68. The van der Waals surface area contributed by atoms with Gasteiger partial charge in [-0.25, -0.2) is 9.97 Å². The SMILES string of the molecule is CCc1[nH]nc(-c2nccc(-c3n[nH]c4c3C3CCC4(C)C3(C)C)n2)c1C. The first-order chi connectivity index (χ1) is 12.9. The van der Waals surface area contributed by atoms with Crippen molar-refractivity contribution in [2.45, 2.75) is 65.2 Å². The number of fused-ring (bicyclic) bond motifs is 5. The first kappa shape index (κ1) is 16.7. The number of hydrogen-bond donors (Lipinski definition) is 2. The van der Waals surface area contributed by atoms with E-state index < -0.39 is 0 Å². The summed E-state index contributed by atoms with van der Waals surface area (Å²) in [5.74, 6) is 1.19. The number of nitrogens with zero attached hydrogens (tertiary/aromatic N) is 4. The molecule has 2 unspecified atom stereocenters. The quantitative estimate of drug-likeness (QED) is 0.727. The molecule has 2 aliphatic carbocycles. The van der Waals surface area contributed by atoms with Gasteiger partial charge < -0.3 is 0 Å². The summed E-state index contributed by atoms with van der Waals surface area (Å²) in [7, 11) is 0. The Morgan fingerprint density at radius 1 is 1.15 bits per heavy atom. The summed E-state index contributed by atoms with van der Waals surface area (Å²) < 4.78 is 0. The van der Waals surface area contributed by atoms with Gasteiger partial charge in [0.2, 0.25) is 0 Å². The molecular weight excluding hydrogens is 336 g/mol. The summed E-state index contributed by atoms with van der Waals surface area (Å²) in [6, 6.07) is 1.96. The molecule has 2 aliphatic rings. The maximum atomic E-state index is 4.85. The van der Waals surface area contributed by atoms with Gasteiger partial charge in [0.25, 0.3) is 0 Å². The van der Waals surface area contributed by atoms with Gasteiger partial charge in [0.15, 0.2) is 5.82 Å². The van der Waals surface area contributed by atoms with E-state index in [0.29, 0.717) is 11.7 Å². The predicted octanol–water partition coefficient (Wildman–Crippen LogP) is 4.30. The van der Waals surface area contributed by atoms with E-state index in [1.54, 1.807) is 0 Å². The largest absolute Gasteiger partial charge is 0.282 e. The van der Waals surface area contributed by atoms with Crippen molar-refractivity contribution in [2.75, 3.05) is 0 Å². The highest BCUT2D eigenvalue weighted by Gasteiger charge is 2.61. The van der Waals surface area contributed by atoms with Crippen LogP contribution in [0.2, 0.25) is 0 Å².